The van der Waals surface area contributed by atoms with Gasteiger partial charge in [0, 0.05) is 18.7 Å². The van der Waals surface area contributed by atoms with Gasteiger partial charge in [-0.3, -0.25) is 0 Å². The van der Waals surface area contributed by atoms with Crippen LogP contribution in [0, 0.1) is 0 Å². The maximum atomic E-state index is 5.89. The van der Waals surface area contributed by atoms with Crippen LogP contribution in [0.2, 0.25) is 0 Å². The van der Waals surface area contributed by atoms with E-state index in [1.165, 1.54) is 12.8 Å². The highest BCUT2D eigenvalue weighted by atomic mass is 16.5. The summed E-state index contributed by atoms with van der Waals surface area (Å²) in [6.45, 7) is 7.16. The van der Waals surface area contributed by atoms with E-state index < -0.39 is 0 Å². The number of ether oxygens (including phenoxy) is 1. The fraction of sp³-hybridized carbons (Fsp3) is 1.00. The van der Waals surface area contributed by atoms with Crippen LogP contribution in [0.5, 0.6) is 0 Å². The molecule has 84 valence electrons. The third-order valence-electron chi connectivity index (χ3n) is 2.57. The number of nitrogens with one attached hydrogen (secondary N) is 1. The normalized spacial score (nSPS) is 22.9. The molecule has 1 aliphatic rings. The molecule has 0 amide bonds. The van der Waals surface area contributed by atoms with Gasteiger partial charge < -0.3 is 15.8 Å². The fourth-order valence-electron chi connectivity index (χ4n) is 1.74. The molecular weight excluding hydrogens is 176 g/mol. The molecule has 0 aliphatic carbocycles. The average Bonchev–Trinajstić information content (AvgIpc) is 2.54. The molecule has 1 saturated heterocycles. The molecule has 0 saturated carbocycles. The minimum absolute atomic E-state index is 0.0223. The van der Waals surface area contributed by atoms with Crippen molar-refractivity contribution in [3.8, 4) is 0 Å². The summed E-state index contributed by atoms with van der Waals surface area (Å²) in [6.07, 6.45) is 5.13. The molecule has 3 heteroatoms. The van der Waals surface area contributed by atoms with Crippen LogP contribution in [0.3, 0.4) is 0 Å². The standard InChI is InChI=1S/C11H24N2O/c1-11(2,12)6-4-7-13-9-10-5-3-8-14-10/h10,13H,3-9,12H2,1-2H3. The molecule has 0 aromatic heterocycles. The van der Waals surface area contributed by atoms with Crippen LogP contribution < -0.4 is 11.1 Å². The Morgan fingerprint density at radius 2 is 2.29 bits per heavy atom. The molecule has 1 atom stereocenters. The molecular formula is C11H24N2O. The van der Waals surface area contributed by atoms with Crippen LogP contribution in [-0.4, -0.2) is 31.3 Å². The second-order valence-electron chi connectivity index (χ2n) is 4.93. The van der Waals surface area contributed by atoms with Gasteiger partial charge in [0.15, 0.2) is 0 Å². The Labute approximate surface area is 87.4 Å². The third kappa shape index (κ3) is 5.58. The zero-order valence-corrected chi connectivity index (χ0v) is 9.51. The van der Waals surface area contributed by atoms with E-state index in [4.69, 9.17) is 10.5 Å². The Morgan fingerprint density at radius 3 is 2.86 bits per heavy atom. The summed E-state index contributed by atoms with van der Waals surface area (Å²) in [6, 6.07) is 0. The summed E-state index contributed by atoms with van der Waals surface area (Å²) in [5.41, 5.74) is 5.87. The first kappa shape index (κ1) is 12.0. The Hall–Kier alpha value is -0.120. The van der Waals surface area contributed by atoms with Crippen molar-refractivity contribution in [2.45, 2.75) is 51.2 Å². The van der Waals surface area contributed by atoms with E-state index in [0.717, 1.165) is 32.5 Å². The fourth-order valence-corrected chi connectivity index (χ4v) is 1.74. The lowest BCUT2D eigenvalue weighted by Gasteiger charge is -2.18. The lowest BCUT2D eigenvalue weighted by Crippen LogP contribution is -2.33. The molecule has 1 fully saturated rings. The predicted octanol–water partition coefficient (Wildman–Crippen LogP) is 1.27. The minimum Gasteiger partial charge on any atom is -0.377 e. The first-order valence-electron chi connectivity index (χ1n) is 5.69. The van der Waals surface area contributed by atoms with E-state index in [1.807, 2.05) is 0 Å². The van der Waals surface area contributed by atoms with Gasteiger partial charge in [0.2, 0.25) is 0 Å². The van der Waals surface area contributed by atoms with Crippen molar-refractivity contribution in [1.82, 2.24) is 5.32 Å². The number of hydrogen-bond acceptors (Lipinski definition) is 3. The summed E-state index contributed by atoms with van der Waals surface area (Å²) in [4.78, 5) is 0. The van der Waals surface area contributed by atoms with Gasteiger partial charge in [-0.1, -0.05) is 0 Å². The Kier molecular flexibility index (Phi) is 4.85. The molecule has 14 heavy (non-hydrogen) atoms. The van der Waals surface area contributed by atoms with Crippen molar-refractivity contribution < 1.29 is 4.74 Å². The summed E-state index contributed by atoms with van der Waals surface area (Å²) < 4.78 is 5.51. The monoisotopic (exact) mass is 200 g/mol. The van der Waals surface area contributed by atoms with Crippen LogP contribution in [0.4, 0.5) is 0 Å². The molecule has 0 bridgehead atoms. The number of rotatable bonds is 6. The van der Waals surface area contributed by atoms with Crippen molar-refractivity contribution in [2.75, 3.05) is 19.7 Å². The molecule has 1 unspecified atom stereocenters. The second-order valence-corrected chi connectivity index (χ2v) is 4.93. The molecule has 1 heterocycles. The van der Waals surface area contributed by atoms with E-state index in [0.29, 0.717) is 6.10 Å². The average molecular weight is 200 g/mol. The van der Waals surface area contributed by atoms with E-state index in [1.54, 1.807) is 0 Å². The van der Waals surface area contributed by atoms with Crippen molar-refractivity contribution in [3.05, 3.63) is 0 Å². The highest BCUT2D eigenvalue weighted by Gasteiger charge is 2.14. The van der Waals surface area contributed by atoms with Crippen LogP contribution >= 0.6 is 0 Å². The maximum absolute atomic E-state index is 5.89. The van der Waals surface area contributed by atoms with Crippen molar-refractivity contribution in [2.24, 2.45) is 5.73 Å². The van der Waals surface area contributed by atoms with Crippen LogP contribution in [0.15, 0.2) is 0 Å². The summed E-state index contributed by atoms with van der Waals surface area (Å²) in [5.74, 6) is 0. The van der Waals surface area contributed by atoms with Gasteiger partial charge in [-0.05, 0) is 46.1 Å². The van der Waals surface area contributed by atoms with Crippen molar-refractivity contribution >= 4 is 0 Å². The predicted molar refractivity (Wildman–Crippen MR) is 59.3 cm³/mol. The van der Waals surface area contributed by atoms with Crippen LogP contribution in [-0.2, 0) is 4.74 Å². The topological polar surface area (TPSA) is 47.3 Å². The zero-order valence-electron chi connectivity index (χ0n) is 9.51. The van der Waals surface area contributed by atoms with Crippen LogP contribution in [0.25, 0.3) is 0 Å². The van der Waals surface area contributed by atoms with Gasteiger partial charge >= 0.3 is 0 Å². The van der Waals surface area contributed by atoms with Gasteiger partial charge in [0.25, 0.3) is 0 Å². The molecule has 3 nitrogen and oxygen atoms in total. The zero-order chi connectivity index (χ0) is 10.4. The van der Waals surface area contributed by atoms with Gasteiger partial charge in [0.05, 0.1) is 6.10 Å². The maximum Gasteiger partial charge on any atom is 0.0700 e. The molecule has 1 rings (SSSR count). The van der Waals surface area contributed by atoms with Crippen LogP contribution in [0.1, 0.15) is 39.5 Å². The van der Waals surface area contributed by atoms with Gasteiger partial charge in [-0.15, -0.1) is 0 Å². The molecule has 0 aromatic rings. The summed E-state index contributed by atoms with van der Waals surface area (Å²) >= 11 is 0. The Bertz CT molecular complexity index is 148. The molecule has 0 aromatic carbocycles. The Morgan fingerprint density at radius 1 is 1.50 bits per heavy atom. The third-order valence-corrected chi connectivity index (χ3v) is 2.57. The van der Waals surface area contributed by atoms with Gasteiger partial charge in [-0.25, -0.2) is 0 Å². The summed E-state index contributed by atoms with van der Waals surface area (Å²) in [5, 5.41) is 3.42. The van der Waals surface area contributed by atoms with Crippen molar-refractivity contribution in [1.29, 1.82) is 0 Å². The lowest BCUT2D eigenvalue weighted by atomic mass is 10.0. The molecule has 0 radical (unpaired) electrons. The summed E-state index contributed by atoms with van der Waals surface area (Å²) in [7, 11) is 0. The second kappa shape index (κ2) is 5.69. The molecule has 1 aliphatic heterocycles. The lowest BCUT2D eigenvalue weighted by molar-refractivity contribution is 0.110. The van der Waals surface area contributed by atoms with E-state index in [2.05, 4.69) is 19.2 Å². The first-order valence-corrected chi connectivity index (χ1v) is 5.69. The first-order chi connectivity index (χ1) is 6.58. The minimum atomic E-state index is -0.0223. The number of nitrogens with two attached hydrogens (primary N) is 1. The highest BCUT2D eigenvalue weighted by molar-refractivity contribution is 4.72. The SMILES string of the molecule is CC(C)(N)CCCNCC1CCCO1. The number of hydrogen-bond donors (Lipinski definition) is 2. The van der Waals surface area contributed by atoms with Gasteiger partial charge in [0.1, 0.15) is 0 Å². The Balaban J connectivity index is 1.89. The quantitative estimate of drug-likeness (QED) is 0.635. The highest BCUT2D eigenvalue weighted by Crippen LogP contribution is 2.10. The van der Waals surface area contributed by atoms with E-state index in [9.17, 15) is 0 Å². The molecule has 0 spiro atoms. The molecule has 3 N–H and O–H groups in total. The van der Waals surface area contributed by atoms with E-state index >= 15 is 0 Å². The van der Waals surface area contributed by atoms with Crippen molar-refractivity contribution in [3.63, 3.8) is 0 Å². The smallest absolute Gasteiger partial charge is 0.0700 e. The largest absolute Gasteiger partial charge is 0.377 e. The van der Waals surface area contributed by atoms with E-state index in [-0.39, 0.29) is 5.54 Å². The van der Waals surface area contributed by atoms with Gasteiger partial charge in [-0.2, -0.15) is 0 Å².